The molecule has 0 amide bonds. The van der Waals surface area contributed by atoms with E-state index in [1.807, 2.05) is 0 Å². The zero-order valence-corrected chi connectivity index (χ0v) is 10.7. The van der Waals surface area contributed by atoms with Crippen molar-refractivity contribution in [2.24, 2.45) is 5.92 Å². The van der Waals surface area contributed by atoms with Crippen LogP contribution in [0.1, 0.15) is 18.4 Å². The molecule has 0 spiro atoms. The molecule has 1 aliphatic carbocycles. The number of carboxylic acid groups (broad SMARTS) is 1. The molecule has 1 fully saturated rings. The maximum Gasteiger partial charge on any atom is 0.322 e. The number of carboxylic acids is 1. The maximum atomic E-state index is 12.1. The minimum absolute atomic E-state index is 0.00469. The van der Waals surface area contributed by atoms with E-state index in [1.54, 1.807) is 12.1 Å². The molecular formula is C12H12N2O4S. The lowest BCUT2D eigenvalue weighted by Gasteiger charge is -2.14. The third-order valence-corrected chi connectivity index (χ3v) is 4.44. The van der Waals surface area contributed by atoms with Gasteiger partial charge in [-0.15, -0.1) is 0 Å². The summed E-state index contributed by atoms with van der Waals surface area (Å²) in [5.41, 5.74) is -0.00469. The topological polar surface area (TPSA) is 107 Å². The van der Waals surface area contributed by atoms with Crippen LogP contribution in [0.5, 0.6) is 0 Å². The Hall–Kier alpha value is -1.91. The summed E-state index contributed by atoms with van der Waals surface area (Å²) < 4.78 is 26.4. The Morgan fingerprint density at radius 2 is 2.05 bits per heavy atom. The predicted octanol–water partition coefficient (Wildman–Crippen LogP) is 0.700. The average Bonchev–Trinajstić information content (AvgIpc) is 3.20. The van der Waals surface area contributed by atoms with Gasteiger partial charge in [0.2, 0.25) is 10.0 Å². The fraction of sp³-hybridized carbons (Fsp3) is 0.333. The number of hydrogen-bond acceptors (Lipinski definition) is 4. The summed E-state index contributed by atoms with van der Waals surface area (Å²) in [4.78, 5) is 10.9. The quantitative estimate of drug-likeness (QED) is 0.825. The minimum Gasteiger partial charge on any atom is -0.480 e. The van der Waals surface area contributed by atoms with E-state index in [9.17, 15) is 13.2 Å². The lowest BCUT2D eigenvalue weighted by molar-refractivity contribution is -0.139. The van der Waals surface area contributed by atoms with Gasteiger partial charge in [0.15, 0.2) is 0 Å². The zero-order valence-electron chi connectivity index (χ0n) is 9.91. The molecule has 1 atom stereocenters. The van der Waals surface area contributed by atoms with Crippen LogP contribution in [0.2, 0.25) is 0 Å². The van der Waals surface area contributed by atoms with E-state index in [1.165, 1.54) is 18.2 Å². The predicted molar refractivity (Wildman–Crippen MR) is 65.6 cm³/mol. The molecule has 1 unspecified atom stereocenters. The molecule has 0 bridgehead atoms. The Morgan fingerprint density at radius 1 is 1.42 bits per heavy atom. The first kappa shape index (κ1) is 13.5. The van der Waals surface area contributed by atoms with Gasteiger partial charge in [-0.1, -0.05) is 12.1 Å². The maximum absolute atomic E-state index is 12.1. The van der Waals surface area contributed by atoms with Crippen molar-refractivity contribution in [3.05, 3.63) is 29.8 Å². The van der Waals surface area contributed by atoms with Gasteiger partial charge in [0, 0.05) is 0 Å². The summed E-state index contributed by atoms with van der Waals surface area (Å²) in [7, 11) is -4.01. The Kier molecular flexibility index (Phi) is 3.55. The Balaban J connectivity index is 2.32. The molecule has 1 aliphatic rings. The Labute approximate surface area is 110 Å². The fourth-order valence-electron chi connectivity index (χ4n) is 1.80. The van der Waals surface area contributed by atoms with Crippen LogP contribution in [-0.2, 0) is 14.8 Å². The van der Waals surface area contributed by atoms with Crippen molar-refractivity contribution in [2.45, 2.75) is 23.8 Å². The Morgan fingerprint density at radius 3 is 2.58 bits per heavy atom. The number of hydrogen-bond donors (Lipinski definition) is 2. The van der Waals surface area contributed by atoms with Crippen LogP contribution < -0.4 is 4.72 Å². The van der Waals surface area contributed by atoms with Crippen molar-refractivity contribution >= 4 is 16.0 Å². The van der Waals surface area contributed by atoms with Gasteiger partial charge in [0.25, 0.3) is 0 Å². The molecule has 0 radical (unpaired) electrons. The molecule has 1 saturated carbocycles. The van der Waals surface area contributed by atoms with Gasteiger partial charge in [-0.25, -0.2) is 8.42 Å². The summed E-state index contributed by atoms with van der Waals surface area (Å²) >= 11 is 0. The first-order chi connectivity index (χ1) is 8.95. The molecule has 19 heavy (non-hydrogen) atoms. The van der Waals surface area contributed by atoms with Crippen molar-refractivity contribution in [3.8, 4) is 6.07 Å². The highest BCUT2D eigenvalue weighted by Gasteiger charge is 2.39. The summed E-state index contributed by atoms with van der Waals surface area (Å²) in [6.45, 7) is 0. The minimum atomic E-state index is -4.01. The van der Waals surface area contributed by atoms with E-state index in [0.717, 1.165) is 0 Å². The highest BCUT2D eigenvalue weighted by Crippen LogP contribution is 2.33. The molecule has 0 aromatic heterocycles. The normalized spacial score (nSPS) is 16.6. The van der Waals surface area contributed by atoms with Crippen LogP contribution in [0.3, 0.4) is 0 Å². The highest BCUT2D eigenvalue weighted by molar-refractivity contribution is 7.89. The smallest absolute Gasteiger partial charge is 0.322 e. The summed E-state index contributed by atoms with van der Waals surface area (Å²) in [5.74, 6) is -1.36. The number of nitriles is 1. The van der Waals surface area contributed by atoms with Crippen LogP contribution >= 0.6 is 0 Å². The number of aliphatic carboxylic acids is 1. The fourth-order valence-corrected chi connectivity index (χ4v) is 3.22. The second-order valence-corrected chi connectivity index (χ2v) is 6.06. The molecule has 0 aliphatic heterocycles. The van der Waals surface area contributed by atoms with Crippen LogP contribution in [0.4, 0.5) is 0 Å². The lowest BCUT2D eigenvalue weighted by Crippen LogP contribution is -2.42. The molecule has 0 saturated heterocycles. The van der Waals surface area contributed by atoms with Gasteiger partial charge in [0.1, 0.15) is 12.1 Å². The number of nitrogens with one attached hydrogen (secondary N) is 1. The summed E-state index contributed by atoms with van der Waals surface area (Å²) in [5, 5.41) is 17.9. The highest BCUT2D eigenvalue weighted by atomic mass is 32.2. The molecule has 2 rings (SSSR count). The lowest BCUT2D eigenvalue weighted by atomic mass is 10.2. The van der Waals surface area contributed by atoms with E-state index in [2.05, 4.69) is 4.72 Å². The number of nitrogens with zero attached hydrogens (tertiary/aromatic N) is 1. The first-order valence-electron chi connectivity index (χ1n) is 5.70. The molecule has 1 aromatic rings. The molecule has 2 N–H and O–H groups in total. The molecular weight excluding hydrogens is 268 g/mol. The van der Waals surface area contributed by atoms with Crippen molar-refractivity contribution in [1.29, 1.82) is 5.26 Å². The van der Waals surface area contributed by atoms with E-state index in [0.29, 0.717) is 12.8 Å². The van der Waals surface area contributed by atoms with Crippen molar-refractivity contribution in [3.63, 3.8) is 0 Å². The van der Waals surface area contributed by atoms with Crippen molar-refractivity contribution in [2.75, 3.05) is 0 Å². The number of sulfonamides is 1. The second kappa shape index (κ2) is 4.99. The second-order valence-electron chi connectivity index (χ2n) is 4.38. The van der Waals surface area contributed by atoms with E-state index < -0.39 is 22.0 Å². The van der Waals surface area contributed by atoms with Gasteiger partial charge in [-0.3, -0.25) is 4.79 Å². The van der Waals surface area contributed by atoms with Gasteiger partial charge >= 0.3 is 5.97 Å². The standard InChI is InChI=1S/C12H12N2O4S/c13-7-9-3-1-2-4-10(9)19(17,18)14-11(12(15)16)8-5-6-8/h1-4,8,11,14H,5-6H2,(H,15,16). The van der Waals surface area contributed by atoms with Crippen LogP contribution in [0.25, 0.3) is 0 Å². The monoisotopic (exact) mass is 280 g/mol. The van der Waals surface area contributed by atoms with Crippen LogP contribution in [-0.4, -0.2) is 25.5 Å². The van der Waals surface area contributed by atoms with Gasteiger partial charge in [-0.05, 0) is 30.9 Å². The molecule has 7 heteroatoms. The van der Waals surface area contributed by atoms with Crippen LogP contribution in [0.15, 0.2) is 29.2 Å². The van der Waals surface area contributed by atoms with Crippen molar-refractivity contribution < 1.29 is 18.3 Å². The summed E-state index contributed by atoms with van der Waals surface area (Å²) in [6, 6.07) is 6.35. The van der Waals surface area contributed by atoms with Crippen molar-refractivity contribution in [1.82, 2.24) is 4.72 Å². The van der Waals surface area contributed by atoms with Gasteiger partial charge < -0.3 is 5.11 Å². The van der Waals surface area contributed by atoms with E-state index >= 15 is 0 Å². The molecule has 6 nitrogen and oxygen atoms in total. The number of rotatable bonds is 5. The largest absolute Gasteiger partial charge is 0.480 e. The SMILES string of the molecule is N#Cc1ccccc1S(=O)(=O)NC(C(=O)O)C1CC1. The molecule has 0 heterocycles. The van der Waals surface area contributed by atoms with Crippen LogP contribution in [0, 0.1) is 17.2 Å². The summed E-state index contributed by atoms with van der Waals surface area (Å²) in [6.07, 6.45) is 1.39. The zero-order chi connectivity index (χ0) is 14.0. The Bertz CT molecular complexity index is 644. The molecule has 100 valence electrons. The van der Waals surface area contributed by atoms with Gasteiger partial charge in [-0.2, -0.15) is 9.98 Å². The third-order valence-electron chi connectivity index (χ3n) is 2.94. The van der Waals surface area contributed by atoms with Gasteiger partial charge in [0.05, 0.1) is 10.5 Å². The average molecular weight is 280 g/mol. The third kappa shape index (κ3) is 2.92. The number of carbonyl (C=O) groups is 1. The van der Waals surface area contributed by atoms with E-state index in [-0.39, 0.29) is 16.4 Å². The molecule has 1 aromatic carbocycles. The van der Waals surface area contributed by atoms with E-state index in [4.69, 9.17) is 10.4 Å². The number of benzene rings is 1. The first-order valence-corrected chi connectivity index (χ1v) is 7.18.